The highest BCUT2D eigenvalue weighted by molar-refractivity contribution is 8.00. The van der Waals surface area contributed by atoms with Crippen LogP contribution < -0.4 is 10.1 Å². The molecule has 0 spiro atoms. The monoisotopic (exact) mass is 401 g/mol. The number of imidazole rings is 1. The van der Waals surface area contributed by atoms with E-state index in [1.165, 1.54) is 17.3 Å². The summed E-state index contributed by atoms with van der Waals surface area (Å²) in [4.78, 5) is 17.0. The standard InChI is InChI=1S/C20H20ClN3O2S/c1-14(19(25)23-17-12-16(21)8-9-18(17)26-2)27-20-22-10-11-24(20)13-15-6-4-3-5-7-15/h3-12,14H,13H2,1-2H3,(H,23,25). The van der Waals surface area contributed by atoms with Crippen molar-refractivity contribution in [3.8, 4) is 5.75 Å². The van der Waals surface area contributed by atoms with E-state index in [2.05, 4.69) is 22.4 Å². The van der Waals surface area contributed by atoms with Crippen LogP contribution in [0.2, 0.25) is 5.02 Å². The molecule has 0 fully saturated rings. The molecule has 1 heterocycles. The van der Waals surface area contributed by atoms with Crippen LogP contribution in [0.25, 0.3) is 0 Å². The largest absolute Gasteiger partial charge is 0.495 e. The fourth-order valence-corrected chi connectivity index (χ4v) is 3.57. The molecule has 0 saturated heterocycles. The Morgan fingerprint density at radius 2 is 2.07 bits per heavy atom. The molecule has 3 aromatic rings. The van der Waals surface area contributed by atoms with Crippen LogP contribution in [0.5, 0.6) is 5.75 Å². The summed E-state index contributed by atoms with van der Waals surface area (Å²) in [5.74, 6) is 0.422. The predicted octanol–water partition coefficient (Wildman–Crippen LogP) is 4.71. The minimum absolute atomic E-state index is 0.144. The van der Waals surface area contributed by atoms with Gasteiger partial charge in [-0.3, -0.25) is 4.79 Å². The van der Waals surface area contributed by atoms with Crippen molar-refractivity contribution >= 4 is 35.0 Å². The van der Waals surface area contributed by atoms with Crippen LogP contribution in [0.3, 0.4) is 0 Å². The van der Waals surface area contributed by atoms with Crippen LogP contribution in [0.1, 0.15) is 12.5 Å². The molecule has 1 aromatic heterocycles. The van der Waals surface area contributed by atoms with Crippen molar-refractivity contribution in [1.29, 1.82) is 0 Å². The number of amides is 1. The summed E-state index contributed by atoms with van der Waals surface area (Å²) in [6.45, 7) is 2.55. The minimum atomic E-state index is -0.342. The van der Waals surface area contributed by atoms with Crippen molar-refractivity contribution in [1.82, 2.24) is 9.55 Å². The van der Waals surface area contributed by atoms with E-state index < -0.39 is 0 Å². The van der Waals surface area contributed by atoms with E-state index in [4.69, 9.17) is 16.3 Å². The molecule has 27 heavy (non-hydrogen) atoms. The Kier molecular flexibility index (Phi) is 6.42. The first-order chi connectivity index (χ1) is 13.1. The number of carbonyl (C=O) groups is 1. The number of anilines is 1. The fourth-order valence-electron chi connectivity index (χ4n) is 2.54. The molecule has 5 nitrogen and oxygen atoms in total. The Labute approximate surface area is 167 Å². The maximum absolute atomic E-state index is 12.6. The van der Waals surface area contributed by atoms with Gasteiger partial charge in [-0.15, -0.1) is 0 Å². The molecule has 1 amide bonds. The van der Waals surface area contributed by atoms with Gasteiger partial charge >= 0.3 is 0 Å². The number of ether oxygens (including phenoxy) is 1. The van der Waals surface area contributed by atoms with Crippen LogP contribution in [0.4, 0.5) is 5.69 Å². The van der Waals surface area contributed by atoms with Crippen LogP contribution in [0, 0.1) is 0 Å². The molecule has 1 unspecified atom stereocenters. The average molecular weight is 402 g/mol. The number of carbonyl (C=O) groups excluding carboxylic acids is 1. The highest BCUT2D eigenvalue weighted by Gasteiger charge is 2.19. The van der Waals surface area contributed by atoms with E-state index in [1.807, 2.05) is 35.9 Å². The molecule has 0 saturated carbocycles. The van der Waals surface area contributed by atoms with Gasteiger partial charge < -0.3 is 14.6 Å². The molecule has 0 bridgehead atoms. The number of nitrogens with one attached hydrogen (secondary N) is 1. The molecule has 1 atom stereocenters. The molecule has 1 N–H and O–H groups in total. The van der Waals surface area contributed by atoms with Gasteiger partial charge in [0.15, 0.2) is 5.16 Å². The van der Waals surface area contributed by atoms with E-state index in [0.717, 1.165) is 5.16 Å². The SMILES string of the molecule is COc1ccc(Cl)cc1NC(=O)C(C)Sc1nccn1Cc1ccccc1. The highest BCUT2D eigenvalue weighted by atomic mass is 35.5. The quantitative estimate of drug-likeness (QED) is 0.582. The zero-order valence-corrected chi connectivity index (χ0v) is 16.6. The summed E-state index contributed by atoms with van der Waals surface area (Å²) in [5, 5.41) is 3.86. The van der Waals surface area contributed by atoms with Crippen molar-refractivity contribution in [3.05, 3.63) is 71.5 Å². The third kappa shape index (κ3) is 5.05. The van der Waals surface area contributed by atoms with Crippen LogP contribution >= 0.6 is 23.4 Å². The zero-order chi connectivity index (χ0) is 19.2. The third-order valence-electron chi connectivity index (χ3n) is 3.94. The summed E-state index contributed by atoms with van der Waals surface area (Å²) in [6.07, 6.45) is 3.66. The second-order valence-corrected chi connectivity index (χ2v) is 7.66. The van der Waals surface area contributed by atoms with E-state index in [-0.39, 0.29) is 11.2 Å². The van der Waals surface area contributed by atoms with E-state index >= 15 is 0 Å². The summed E-state index contributed by atoms with van der Waals surface area (Å²) in [5.41, 5.74) is 1.73. The number of halogens is 1. The second-order valence-electron chi connectivity index (χ2n) is 5.92. The number of rotatable bonds is 7. The first-order valence-corrected chi connectivity index (χ1v) is 9.68. The maximum Gasteiger partial charge on any atom is 0.237 e. The van der Waals surface area contributed by atoms with Gasteiger partial charge in [0.05, 0.1) is 18.0 Å². The number of aromatic nitrogens is 2. The molecule has 140 valence electrons. The highest BCUT2D eigenvalue weighted by Crippen LogP contribution is 2.29. The summed E-state index contributed by atoms with van der Waals surface area (Å²) >= 11 is 7.43. The summed E-state index contributed by atoms with van der Waals surface area (Å²) in [6, 6.07) is 15.2. The Hall–Kier alpha value is -2.44. The zero-order valence-electron chi connectivity index (χ0n) is 15.1. The van der Waals surface area contributed by atoms with Gasteiger partial charge in [-0.1, -0.05) is 53.7 Å². The molecular formula is C20H20ClN3O2S. The number of methoxy groups -OCH3 is 1. The van der Waals surface area contributed by atoms with Crippen molar-refractivity contribution in [2.75, 3.05) is 12.4 Å². The van der Waals surface area contributed by atoms with Gasteiger partial charge in [-0.05, 0) is 30.7 Å². The lowest BCUT2D eigenvalue weighted by molar-refractivity contribution is -0.115. The van der Waals surface area contributed by atoms with E-state index in [1.54, 1.807) is 31.5 Å². The smallest absolute Gasteiger partial charge is 0.237 e. The number of nitrogens with zero attached hydrogens (tertiary/aromatic N) is 2. The van der Waals surface area contributed by atoms with Crippen molar-refractivity contribution in [2.24, 2.45) is 0 Å². The fraction of sp³-hybridized carbons (Fsp3) is 0.200. The molecule has 0 aliphatic heterocycles. The molecule has 0 radical (unpaired) electrons. The molecule has 2 aromatic carbocycles. The minimum Gasteiger partial charge on any atom is -0.495 e. The molecule has 7 heteroatoms. The summed E-state index contributed by atoms with van der Waals surface area (Å²) < 4.78 is 7.31. The first-order valence-electron chi connectivity index (χ1n) is 8.43. The summed E-state index contributed by atoms with van der Waals surface area (Å²) in [7, 11) is 1.55. The number of benzene rings is 2. The lowest BCUT2D eigenvalue weighted by Crippen LogP contribution is -2.23. The van der Waals surface area contributed by atoms with Crippen LogP contribution in [-0.2, 0) is 11.3 Å². The van der Waals surface area contributed by atoms with Gasteiger partial charge in [0.2, 0.25) is 5.91 Å². The van der Waals surface area contributed by atoms with Crippen molar-refractivity contribution in [2.45, 2.75) is 23.9 Å². The molecule has 3 rings (SSSR count). The van der Waals surface area contributed by atoms with E-state index in [9.17, 15) is 4.79 Å². The van der Waals surface area contributed by atoms with Crippen molar-refractivity contribution in [3.63, 3.8) is 0 Å². The topological polar surface area (TPSA) is 56.1 Å². The Balaban J connectivity index is 1.67. The average Bonchev–Trinajstić information content (AvgIpc) is 3.09. The van der Waals surface area contributed by atoms with Gasteiger partial charge in [-0.2, -0.15) is 0 Å². The van der Waals surface area contributed by atoms with Crippen LogP contribution in [-0.4, -0.2) is 27.8 Å². The maximum atomic E-state index is 12.6. The van der Waals surface area contributed by atoms with Gasteiger partial charge in [-0.25, -0.2) is 4.98 Å². The predicted molar refractivity (Wildman–Crippen MR) is 110 cm³/mol. The second kappa shape index (κ2) is 8.97. The Bertz CT molecular complexity index is 915. The van der Waals surface area contributed by atoms with Gasteiger partial charge in [0.1, 0.15) is 5.75 Å². The van der Waals surface area contributed by atoms with Gasteiger partial charge in [0, 0.05) is 24.0 Å². The molecular weight excluding hydrogens is 382 g/mol. The number of hydrogen-bond donors (Lipinski definition) is 1. The number of thioether (sulfide) groups is 1. The van der Waals surface area contributed by atoms with Gasteiger partial charge in [0.25, 0.3) is 0 Å². The lowest BCUT2D eigenvalue weighted by Gasteiger charge is -2.15. The lowest BCUT2D eigenvalue weighted by atomic mass is 10.2. The van der Waals surface area contributed by atoms with E-state index in [0.29, 0.717) is 23.0 Å². The Morgan fingerprint density at radius 3 is 2.81 bits per heavy atom. The third-order valence-corrected chi connectivity index (χ3v) is 5.30. The number of hydrogen-bond acceptors (Lipinski definition) is 4. The normalized spacial score (nSPS) is 11.8. The van der Waals surface area contributed by atoms with Crippen LogP contribution in [0.15, 0.2) is 66.1 Å². The molecule has 0 aliphatic rings. The Morgan fingerprint density at radius 1 is 1.30 bits per heavy atom. The molecule has 0 aliphatic carbocycles. The van der Waals surface area contributed by atoms with Crippen molar-refractivity contribution < 1.29 is 9.53 Å². The first kappa shape index (κ1) is 19.3.